The van der Waals surface area contributed by atoms with Crippen LogP contribution in [0.4, 0.5) is 0 Å². The minimum atomic E-state index is 0.660. The van der Waals surface area contributed by atoms with Gasteiger partial charge in [0.05, 0.1) is 18.9 Å². The summed E-state index contributed by atoms with van der Waals surface area (Å²) in [5.74, 6) is 1.69. The first-order valence-electron chi connectivity index (χ1n) is 6.04. The highest BCUT2D eigenvalue weighted by molar-refractivity contribution is 5.19. The lowest BCUT2D eigenvalue weighted by Crippen LogP contribution is -2.31. The van der Waals surface area contributed by atoms with Crippen molar-refractivity contribution in [2.75, 3.05) is 13.1 Å². The van der Waals surface area contributed by atoms with Crippen molar-refractivity contribution in [1.29, 1.82) is 0 Å². The zero-order chi connectivity index (χ0) is 10.8. The van der Waals surface area contributed by atoms with Crippen molar-refractivity contribution in [1.82, 2.24) is 15.3 Å². The van der Waals surface area contributed by atoms with Gasteiger partial charge in [-0.05, 0) is 31.8 Å². The van der Waals surface area contributed by atoms with Gasteiger partial charge >= 0.3 is 0 Å². The zero-order valence-electron chi connectivity index (χ0n) is 9.41. The normalized spacial score (nSPS) is 24.4. The summed E-state index contributed by atoms with van der Waals surface area (Å²) >= 11 is 0. The summed E-state index contributed by atoms with van der Waals surface area (Å²) in [6.07, 6.45) is 5.50. The van der Waals surface area contributed by atoms with Crippen LogP contribution in [0.15, 0.2) is 6.20 Å². The molecule has 0 amide bonds. The van der Waals surface area contributed by atoms with Crippen LogP contribution in [-0.4, -0.2) is 23.1 Å². The van der Waals surface area contributed by atoms with E-state index in [4.69, 9.17) is 4.74 Å². The second-order valence-corrected chi connectivity index (χ2v) is 4.67. The second-order valence-electron chi connectivity index (χ2n) is 4.67. The standard InChI is InChI=1S/C12H17N3O/c1-2-9(5-13-3-1)4-12-14-6-10-7-16-8-11(10)15-12/h6,9,13H,1-5,7-8H2. The lowest BCUT2D eigenvalue weighted by Gasteiger charge is -2.21. The van der Waals surface area contributed by atoms with Crippen molar-refractivity contribution in [3.8, 4) is 0 Å². The Morgan fingerprint density at radius 1 is 1.44 bits per heavy atom. The minimum absolute atomic E-state index is 0.660. The van der Waals surface area contributed by atoms with E-state index in [0.717, 1.165) is 36.6 Å². The van der Waals surface area contributed by atoms with Crippen molar-refractivity contribution < 1.29 is 4.74 Å². The Hall–Kier alpha value is -1.00. The number of piperidine rings is 1. The lowest BCUT2D eigenvalue weighted by molar-refractivity contribution is 0.133. The summed E-state index contributed by atoms with van der Waals surface area (Å²) < 4.78 is 5.35. The zero-order valence-corrected chi connectivity index (χ0v) is 9.41. The fourth-order valence-corrected chi connectivity index (χ4v) is 2.44. The highest BCUT2D eigenvalue weighted by Gasteiger charge is 2.18. The predicted octanol–water partition coefficient (Wildman–Crippen LogP) is 1.05. The SMILES string of the molecule is c1nc(CC2CCCNC2)nc2c1COC2. The number of hydrogen-bond donors (Lipinski definition) is 1. The maximum Gasteiger partial charge on any atom is 0.128 e. The predicted molar refractivity (Wildman–Crippen MR) is 59.8 cm³/mol. The van der Waals surface area contributed by atoms with E-state index in [-0.39, 0.29) is 0 Å². The number of hydrogen-bond acceptors (Lipinski definition) is 4. The van der Waals surface area contributed by atoms with Gasteiger partial charge in [0.1, 0.15) is 5.82 Å². The molecule has 86 valence electrons. The molecule has 2 aliphatic heterocycles. The van der Waals surface area contributed by atoms with E-state index in [0.29, 0.717) is 19.1 Å². The molecule has 4 heteroatoms. The van der Waals surface area contributed by atoms with Gasteiger partial charge in [-0.1, -0.05) is 0 Å². The third-order valence-corrected chi connectivity index (χ3v) is 3.37. The number of nitrogens with one attached hydrogen (secondary N) is 1. The van der Waals surface area contributed by atoms with Crippen LogP contribution in [0, 0.1) is 5.92 Å². The van der Waals surface area contributed by atoms with E-state index in [1.54, 1.807) is 0 Å². The maximum atomic E-state index is 5.35. The molecule has 2 aliphatic rings. The third-order valence-electron chi connectivity index (χ3n) is 3.37. The average molecular weight is 219 g/mol. The Balaban J connectivity index is 1.69. The van der Waals surface area contributed by atoms with E-state index in [2.05, 4.69) is 15.3 Å². The summed E-state index contributed by atoms with van der Waals surface area (Å²) in [6.45, 7) is 3.61. The van der Waals surface area contributed by atoms with Crippen LogP contribution in [0.5, 0.6) is 0 Å². The molecule has 0 spiro atoms. The Kier molecular flexibility index (Phi) is 2.84. The Morgan fingerprint density at radius 3 is 3.31 bits per heavy atom. The lowest BCUT2D eigenvalue weighted by atomic mass is 9.96. The molecule has 0 aliphatic carbocycles. The van der Waals surface area contributed by atoms with Gasteiger partial charge < -0.3 is 10.1 Å². The summed E-state index contributed by atoms with van der Waals surface area (Å²) in [6, 6.07) is 0. The van der Waals surface area contributed by atoms with Gasteiger partial charge in [0.2, 0.25) is 0 Å². The van der Waals surface area contributed by atoms with Crippen molar-refractivity contribution in [2.24, 2.45) is 5.92 Å². The van der Waals surface area contributed by atoms with Gasteiger partial charge in [0.15, 0.2) is 0 Å². The molecular weight excluding hydrogens is 202 g/mol. The molecule has 1 fully saturated rings. The van der Waals surface area contributed by atoms with Crippen LogP contribution in [0.2, 0.25) is 0 Å². The van der Waals surface area contributed by atoms with E-state index < -0.39 is 0 Å². The Bertz CT molecular complexity index is 375. The summed E-state index contributed by atoms with van der Waals surface area (Å²) in [7, 11) is 0. The monoisotopic (exact) mass is 219 g/mol. The maximum absolute atomic E-state index is 5.35. The molecule has 1 saturated heterocycles. The van der Waals surface area contributed by atoms with Crippen LogP contribution in [0.3, 0.4) is 0 Å². The van der Waals surface area contributed by atoms with Gasteiger partial charge in [0.25, 0.3) is 0 Å². The fraction of sp³-hybridized carbons (Fsp3) is 0.667. The van der Waals surface area contributed by atoms with E-state index in [9.17, 15) is 0 Å². The fourth-order valence-electron chi connectivity index (χ4n) is 2.44. The van der Waals surface area contributed by atoms with Gasteiger partial charge in [0, 0.05) is 18.2 Å². The topological polar surface area (TPSA) is 47.0 Å². The molecule has 3 heterocycles. The average Bonchev–Trinajstić information content (AvgIpc) is 2.77. The largest absolute Gasteiger partial charge is 0.370 e. The highest BCUT2D eigenvalue weighted by atomic mass is 16.5. The van der Waals surface area contributed by atoms with Crippen LogP contribution in [0.25, 0.3) is 0 Å². The quantitative estimate of drug-likeness (QED) is 0.807. The molecule has 0 saturated carbocycles. The molecule has 0 radical (unpaired) electrons. The van der Waals surface area contributed by atoms with E-state index >= 15 is 0 Å². The van der Waals surface area contributed by atoms with Crippen LogP contribution >= 0.6 is 0 Å². The molecule has 0 bridgehead atoms. The molecule has 1 unspecified atom stereocenters. The summed E-state index contributed by atoms with van der Waals surface area (Å²) in [5.41, 5.74) is 2.25. The number of aromatic nitrogens is 2. The Morgan fingerprint density at radius 2 is 2.44 bits per heavy atom. The van der Waals surface area contributed by atoms with Crippen LogP contribution < -0.4 is 5.32 Å². The van der Waals surface area contributed by atoms with Gasteiger partial charge in [-0.2, -0.15) is 0 Å². The van der Waals surface area contributed by atoms with Crippen molar-refractivity contribution in [2.45, 2.75) is 32.5 Å². The minimum Gasteiger partial charge on any atom is -0.370 e. The Labute approximate surface area is 95.4 Å². The van der Waals surface area contributed by atoms with Crippen molar-refractivity contribution in [3.63, 3.8) is 0 Å². The molecule has 1 atom stereocenters. The highest BCUT2D eigenvalue weighted by Crippen LogP contribution is 2.19. The molecule has 1 N–H and O–H groups in total. The van der Waals surface area contributed by atoms with Gasteiger partial charge in [-0.15, -0.1) is 0 Å². The molecule has 1 aromatic heterocycles. The third kappa shape index (κ3) is 2.08. The van der Waals surface area contributed by atoms with Crippen molar-refractivity contribution in [3.05, 3.63) is 23.3 Å². The molecule has 0 aromatic carbocycles. The number of ether oxygens (including phenoxy) is 1. The number of rotatable bonds is 2. The number of nitrogens with zero attached hydrogens (tertiary/aromatic N) is 2. The number of fused-ring (bicyclic) bond motifs is 1. The molecule has 4 nitrogen and oxygen atoms in total. The second kappa shape index (κ2) is 4.47. The van der Waals surface area contributed by atoms with E-state index in [1.165, 1.54) is 12.8 Å². The van der Waals surface area contributed by atoms with Crippen LogP contribution in [-0.2, 0) is 24.4 Å². The van der Waals surface area contributed by atoms with Crippen LogP contribution in [0.1, 0.15) is 29.9 Å². The first-order chi connectivity index (χ1) is 7.92. The van der Waals surface area contributed by atoms with Gasteiger partial charge in [-0.25, -0.2) is 9.97 Å². The first kappa shape index (κ1) is 10.2. The van der Waals surface area contributed by atoms with Crippen molar-refractivity contribution >= 4 is 0 Å². The smallest absolute Gasteiger partial charge is 0.128 e. The molecular formula is C12H17N3O. The molecule has 1 aromatic rings. The molecule has 3 rings (SSSR count). The first-order valence-corrected chi connectivity index (χ1v) is 6.04. The molecule has 16 heavy (non-hydrogen) atoms. The van der Waals surface area contributed by atoms with Gasteiger partial charge in [-0.3, -0.25) is 0 Å². The summed E-state index contributed by atoms with van der Waals surface area (Å²) in [4.78, 5) is 9.01. The summed E-state index contributed by atoms with van der Waals surface area (Å²) in [5, 5.41) is 3.43. The van der Waals surface area contributed by atoms with E-state index in [1.807, 2.05) is 6.20 Å².